The maximum absolute atomic E-state index is 5.87. The van der Waals surface area contributed by atoms with Crippen LogP contribution in [0.4, 0.5) is 0 Å². The van der Waals surface area contributed by atoms with E-state index in [9.17, 15) is 0 Å². The van der Waals surface area contributed by atoms with Crippen molar-refractivity contribution in [1.82, 2.24) is 0 Å². The Bertz CT molecular complexity index is 440. The molecule has 0 spiro atoms. The van der Waals surface area contributed by atoms with Crippen LogP contribution in [0.5, 0.6) is 0 Å². The first-order chi connectivity index (χ1) is 7.81. The van der Waals surface area contributed by atoms with Crippen molar-refractivity contribution in [3.05, 3.63) is 70.7 Å². The van der Waals surface area contributed by atoms with Crippen molar-refractivity contribution in [2.24, 2.45) is 5.73 Å². The highest BCUT2D eigenvalue weighted by molar-refractivity contribution is 6.30. The zero-order valence-corrected chi connectivity index (χ0v) is 10.9. The second-order valence-electron chi connectivity index (χ2n) is 3.75. The molecule has 2 aromatic carbocycles. The van der Waals surface area contributed by atoms with Gasteiger partial charge in [-0.15, -0.1) is 12.4 Å². The SMILES string of the molecule is Cl.NCC(c1ccccc1)c1ccc(Cl)cc1. The molecular weight excluding hydrogens is 253 g/mol. The van der Waals surface area contributed by atoms with Crippen LogP contribution >= 0.6 is 24.0 Å². The molecule has 1 unspecified atom stereocenters. The Labute approximate surface area is 113 Å². The monoisotopic (exact) mass is 267 g/mol. The van der Waals surface area contributed by atoms with E-state index in [0.717, 1.165) is 5.02 Å². The van der Waals surface area contributed by atoms with Gasteiger partial charge in [-0.05, 0) is 23.3 Å². The van der Waals surface area contributed by atoms with Crippen molar-refractivity contribution in [2.45, 2.75) is 5.92 Å². The largest absolute Gasteiger partial charge is 0.330 e. The summed E-state index contributed by atoms with van der Waals surface area (Å²) < 4.78 is 0. The van der Waals surface area contributed by atoms with Crippen LogP contribution in [0.25, 0.3) is 0 Å². The Hall–Kier alpha value is -1.02. The van der Waals surface area contributed by atoms with E-state index in [1.54, 1.807) is 0 Å². The van der Waals surface area contributed by atoms with Crippen molar-refractivity contribution < 1.29 is 0 Å². The lowest BCUT2D eigenvalue weighted by Gasteiger charge is -2.15. The number of hydrogen-bond acceptors (Lipinski definition) is 1. The third-order valence-corrected chi connectivity index (χ3v) is 2.96. The lowest BCUT2D eigenvalue weighted by molar-refractivity contribution is 0.819. The minimum atomic E-state index is 0. The fourth-order valence-corrected chi connectivity index (χ4v) is 1.97. The van der Waals surface area contributed by atoms with Crippen LogP contribution in [0.15, 0.2) is 54.6 Å². The molecule has 90 valence electrons. The van der Waals surface area contributed by atoms with E-state index < -0.39 is 0 Å². The van der Waals surface area contributed by atoms with Crippen LogP contribution in [0.3, 0.4) is 0 Å². The topological polar surface area (TPSA) is 26.0 Å². The quantitative estimate of drug-likeness (QED) is 0.898. The molecule has 2 rings (SSSR count). The molecule has 0 amide bonds. The summed E-state index contributed by atoms with van der Waals surface area (Å²) in [7, 11) is 0. The highest BCUT2D eigenvalue weighted by atomic mass is 35.5. The molecule has 0 aliphatic heterocycles. The van der Waals surface area contributed by atoms with Crippen LogP contribution in [0.1, 0.15) is 17.0 Å². The summed E-state index contributed by atoms with van der Waals surface area (Å²) in [6, 6.07) is 18.2. The van der Waals surface area contributed by atoms with Gasteiger partial charge < -0.3 is 5.73 Å². The van der Waals surface area contributed by atoms with E-state index in [2.05, 4.69) is 12.1 Å². The summed E-state index contributed by atoms with van der Waals surface area (Å²) in [5.41, 5.74) is 8.29. The van der Waals surface area contributed by atoms with Crippen LogP contribution in [-0.4, -0.2) is 6.54 Å². The minimum absolute atomic E-state index is 0. The van der Waals surface area contributed by atoms with Crippen molar-refractivity contribution in [2.75, 3.05) is 6.54 Å². The van der Waals surface area contributed by atoms with Gasteiger partial charge >= 0.3 is 0 Å². The van der Waals surface area contributed by atoms with Crippen molar-refractivity contribution >= 4 is 24.0 Å². The first-order valence-electron chi connectivity index (χ1n) is 5.31. The third-order valence-electron chi connectivity index (χ3n) is 2.71. The Morgan fingerprint density at radius 2 is 1.41 bits per heavy atom. The first kappa shape index (κ1) is 14.0. The summed E-state index contributed by atoms with van der Waals surface area (Å²) in [6.07, 6.45) is 0. The third kappa shape index (κ3) is 3.47. The highest BCUT2D eigenvalue weighted by Gasteiger charge is 2.11. The van der Waals surface area contributed by atoms with Gasteiger partial charge in [-0.1, -0.05) is 54.1 Å². The van der Waals surface area contributed by atoms with Gasteiger partial charge in [0.15, 0.2) is 0 Å². The maximum atomic E-state index is 5.87. The Kier molecular flexibility index (Phi) is 5.49. The van der Waals surface area contributed by atoms with E-state index in [1.807, 2.05) is 42.5 Å². The van der Waals surface area contributed by atoms with Crippen molar-refractivity contribution in [3.63, 3.8) is 0 Å². The molecule has 0 saturated heterocycles. The smallest absolute Gasteiger partial charge is 0.0406 e. The fourth-order valence-electron chi connectivity index (χ4n) is 1.85. The van der Waals surface area contributed by atoms with Gasteiger partial charge in [0, 0.05) is 17.5 Å². The van der Waals surface area contributed by atoms with E-state index >= 15 is 0 Å². The van der Waals surface area contributed by atoms with Gasteiger partial charge in [-0.2, -0.15) is 0 Å². The van der Waals surface area contributed by atoms with Gasteiger partial charge in [0.2, 0.25) is 0 Å². The minimum Gasteiger partial charge on any atom is -0.330 e. The second kappa shape index (κ2) is 6.65. The van der Waals surface area contributed by atoms with E-state index in [4.69, 9.17) is 17.3 Å². The molecule has 0 fully saturated rings. The Morgan fingerprint density at radius 3 is 1.94 bits per heavy atom. The molecule has 17 heavy (non-hydrogen) atoms. The van der Waals surface area contributed by atoms with E-state index in [1.165, 1.54) is 11.1 Å². The predicted molar refractivity (Wildman–Crippen MR) is 76.0 cm³/mol. The molecule has 1 atom stereocenters. The summed E-state index contributed by atoms with van der Waals surface area (Å²) in [5, 5.41) is 0.757. The van der Waals surface area contributed by atoms with E-state index in [0.29, 0.717) is 6.54 Å². The normalized spacial score (nSPS) is 11.6. The molecule has 0 radical (unpaired) electrons. The van der Waals surface area contributed by atoms with Gasteiger partial charge in [-0.3, -0.25) is 0 Å². The second-order valence-corrected chi connectivity index (χ2v) is 4.19. The standard InChI is InChI=1S/C14H14ClN.ClH/c15-13-8-6-12(7-9-13)14(10-16)11-4-2-1-3-5-11;/h1-9,14H,10,16H2;1H. The van der Waals surface area contributed by atoms with Crippen LogP contribution in [0.2, 0.25) is 5.02 Å². The summed E-state index contributed by atoms with van der Waals surface area (Å²) in [6.45, 7) is 0.603. The number of benzene rings is 2. The molecule has 2 aromatic rings. The lowest BCUT2D eigenvalue weighted by atomic mass is 9.91. The summed E-state index contributed by atoms with van der Waals surface area (Å²) in [4.78, 5) is 0. The zero-order chi connectivity index (χ0) is 11.4. The Morgan fingerprint density at radius 1 is 0.882 bits per heavy atom. The zero-order valence-electron chi connectivity index (χ0n) is 9.34. The number of rotatable bonds is 3. The lowest BCUT2D eigenvalue weighted by Crippen LogP contribution is -2.13. The molecule has 0 aliphatic rings. The van der Waals surface area contributed by atoms with Crippen molar-refractivity contribution in [1.29, 1.82) is 0 Å². The number of halogens is 2. The van der Waals surface area contributed by atoms with Gasteiger partial charge in [-0.25, -0.2) is 0 Å². The molecule has 0 saturated carbocycles. The molecule has 3 heteroatoms. The van der Waals surface area contributed by atoms with Crippen LogP contribution < -0.4 is 5.73 Å². The number of hydrogen-bond donors (Lipinski definition) is 1. The van der Waals surface area contributed by atoms with Gasteiger partial charge in [0.25, 0.3) is 0 Å². The maximum Gasteiger partial charge on any atom is 0.0406 e. The fraction of sp³-hybridized carbons (Fsp3) is 0.143. The molecule has 0 heterocycles. The van der Waals surface area contributed by atoms with Gasteiger partial charge in [0.1, 0.15) is 0 Å². The van der Waals surface area contributed by atoms with Crippen LogP contribution in [0, 0.1) is 0 Å². The molecule has 1 nitrogen and oxygen atoms in total. The summed E-state index contributed by atoms with van der Waals surface area (Å²) >= 11 is 5.87. The van der Waals surface area contributed by atoms with Crippen molar-refractivity contribution in [3.8, 4) is 0 Å². The molecule has 2 N–H and O–H groups in total. The first-order valence-corrected chi connectivity index (χ1v) is 5.69. The molecule has 0 bridgehead atoms. The summed E-state index contributed by atoms with van der Waals surface area (Å²) in [5.74, 6) is 0.249. The predicted octanol–water partition coefficient (Wildman–Crippen LogP) is 3.85. The average Bonchev–Trinajstić information content (AvgIpc) is 2.34. The van der Waals surface area contributed by atoms with Gasteiger partial charge in [0.05, 0.1) is 0 Å². The highest BCUT2D eigenvalue weighted by Crippen LogP contribution is 2.24. The molecule has 0 aliphatic carbocycles. The Balaban J connectivity index is 0.00000144. The molecular formula is C14H15Cl2N. The van der Waals surface area contributed by atoms with E-state index in [-0.39, 0.29) is 18.3 Å². The average molecular weight is 268 g/mol. The molecule has 0 aromatic heterocycles. The van der Waals surface area contributed by atoms with Crippen LogP contribution in [-0.2, 0) is 0 Å². The number of nitrogens with two attached hydrogens (primary N) is 1.